The van der Waals surface area contributed by atoms with E-state index in [4.69, 9.17) is 11.6 Å². The number of hydrogen-bond acceptors (Lipinski definition) is 5. The molecule has 1 saturated heterocycles. The van der Waals surface area contributed by atoms with Crippen LogP contribution < -0.4 is 0 Å². The molecule has 2 aliphatic rings. The van der Waals surface area contributed by atoms with E-state index in [0.717, 1.165) is 23.5 Å². The van der Waals surface area contributed by atoms with Gasteiger partial charge in [-0.2, -0.15) is 4.31 Å². The minimum Gasteiger partial charge on any atom is -0.354 e. The number of thiophene rings is 1. The standard InChI is InChI=1S/C20H24ClN3O4S2/c1-12-17-13(10-20(2,3)11-14(17)25)22-18(12)19(26)23-6-8-24(9-7-23)30(27,28)16-5-4-15(21)29-16/h4-5,22H,6-11H2,1-3H3. The molecule has 4 rings (SSSR count). The Bertz CT molecular complexity index is 1130. The Morgan fingerprint density at radius 1 is 1.17 bits per heavy atom. The lowest BCUT2D eigenvalue weighted by Crippen LogP contribution is -2.50. The lowest BCUT2D eigenvalue weighted by Gasteiger charge is -2.33. The first-order valence-corrected chi connectivity index (χ1v) is 12.4. The van der Waals surface area contributed by atoms with E-state index in [1.54, 1.807) is 17.9 Å². The molecule has 0 unspecified atom stereocenters. The largest absolute Gasteiger partial charge is 0.354 e. The second-order valence-corrected chi connectivity index (χ2v) is 12.6. The van der Waals surface area contributed by atoms with Crippen molar-refractivity contribution in [2.45, 2.75) is 37.8 Å². The average Bonchev–Trinajstić information content (AvgIpc) is 3.24. The van der Waals surface area contributed by atoms with Crippen molar-refractivity contribution < 1.29 is 18.0 Å². The maximum absolute atomic E-state index is 13.1. The van der Waals surface area contributed by atoms with Crippen molar-refractivity contribution in [3.05, 3.63) is 39.0 Å². The van der Waals surface area contributed by atoms with Gasteiger partial charge in [0.05, 0.1) is 4.34 Å². The molecular formula is C20H24ClN3O4S2. The van der Waals surface area contributed by atoms with Gasteiger partial charge in [0, 0.05) is 43.9 Å². The number of hydrogen-bond donors (Lipinski definition) is 1. The highest BCUT2D eigenvalue weighted by Gasteiger charge is 2.37. The summed E-state index contributed by atoms with van der Waals surface area (Å²) in [4.78, 5) is 30.6. The van der Waals surface area contributed by atoms with Gasteiger partial charge in [-0.25, -0.2) is 8.42 Å². The highest BCUT2D eigenvalue weighted by atomic mass is 35.5. The Hall–Kier alpha value is -1.68. The molecule has 162 valence electrons. The number of aromatic nitrogens is 1. The molecule has 1 N–H and O–H groups in total. The van der Waals surface area contributed by atoms with Crippen LogP contribution in [0.25, 0.3) is 0 Å². The number of ketones is 1. The SMILES string of the molecule is Cc1c(C(=O)N2CCN(S(=O)(=O)c3ccc(Cl)s3)CC2)[nH]c2c1C(=O)CC(C)(C)C2. The summed E-state index contributed by atoms with van der Waals surface area (Å²) in [7, 11) is -3.61. The summed E-state index contributed by atoms with van der Waals surface area (Å²) in [5.41, 5.74) is 2.47. The van der Waals surface area contributed by atoms with Crippen LogP contribution in [0.3, 0.4) is 0 Å². The van der Waals surface area contributed by atoms with E-state index in [9.17, 15) is 18.0 Å². The number of H-pyrrole nitrogens is 1. The number of carbonyl (C=O) groups excluding carboxylic acids is 2. The van der Waals surface area contributed by atoms with Gasteiger partial charge in [0.25, 0.3) is 15.9 Å². The number of aromatic amines is 1. The number of nitrogens with zero attached hydrogens (tertiary/aromatic N) is 2. The van der Waals surface area contributed by atoms with Crippen molar-refractivity contribution in [3.8, 4) is 0 Å². The van der Waals surface area contributed by atoms with Crippen LogP contribution in [0.15, 0.2) is 16.3 Å². The number of nitrogens with one attached hydrogen (secondary N) is 1. The molecule has 7 nitrogen and oxygen atoms in total. The van der Waals surface area contributed by atoms with Gasteiger partial charge in [0.15, 0.2) is 5.78 Å². The monoisotopic (exact) mass is 469 g/mol. The fourth-order valence-electron chi connectivity index (χ4n) is 4.30. The van der Waals surface area contributed by atoms with Gasteiger partial charge >= 0.3 is 0 Å². The van der Waals surface area contributed by atoms with Gasteiger partial charge in [-0.1, -0.05) is 25.4 Å². The van der Waals surface area contributed by atoms with Crippen molar-refractivity contribution in [1.29, 1.82) is 0 Å². The zero-order chi connectivity index (χ0) is 21.8. The third-order valence-electron chi connectivity index (χ3n) is 5.78. The Balaban J connectivity index is 1.50. The highest BCUT2D eigenvalue weighted by Crippen LogP contribution is 2.37. The predicted molar refractivity (Wildman–Crippen MR) is 116 cm³/mol. The van der Waals surface area contributed by atoms with E-state index >= 15 is 0 Å². The van der Waals surface area contributed by atoms with Crippen molar-refractivity contribution in [2.75, 3.05) is 26.2 Å². The molecule has 1 aliphatic carbocycles. The second kappa shape index (κ2) is 7.47. The van der Waals surface area contributed by atoms with Crippen molar-refractivity contribution in [1.82, 2.24) is 14.2 Å². The van der Waals surface area contributed by atoms with Crippen LogP contribution in [0.2, 0.25) is 4.34 Å². The fraction of sp³-hybridized carbons (Fsp3) is 0.500. The van der Waals surface area contributed by atoms with Crippen LogP contribution in [0.5, 0.6) is 0 Å². The Labute approximate surface area is 185 Å². The molecule has 10 heteroatoms. The number of sulfonamides is 1. The zero-order valence-electron chi connectivity index (χ0n) is 17.1. The van der Waals surface area contributed by atoms with Gasteiger partial charge in [0.2, 0.25) is 0 Å². The first-order valence-electron chi connectivity index (χ1n) is 9.79. The van der Waals surface area contributed by atoms with Gasteiger partial charge in [-0.15, -0.1) is 11.3 Å². The van der Waals surface area contributed by atoms with Crippen LogP contribution in [0.1, 0.15) is 52.4 Å². The molecule has 0 spiro atoms. The molecular weight excluding hydrogens is 446 g/mol. The molecule has 0 aromatic carbocycles. The molecule has 1 aliphatic heterocycles. The second-order valence-electron chi connectivity index (χ2n) is 8.67. The highest BCUT2D eigenvalue weighted by molar-refractivity contribution is 7.91. The summed E-state index contributed by atoms with van der Waals surface area (Å²) >= 11 is 6.91. The summed E-state index contributed by atoms with van der Waals surface area (Å²) in [6.07, 6.45) is 1.19. The van der Waals surface area contributed by atoms with Crippen molar-refractivity contribution in [3.63, 3.8) is 0 Å². The molecule has 0 atom stereocenters. The van der Waals surface area contributed by atoms with Crippen LogP contribution in [0.4, 0.5) is 0 Å². The van der Waals surface area contributed by atoms with E-state index in [-0.39, 0.29) is 34.4 Å². The molecule has 30 heavy (non-hydrogen) atoms. The van der Waals surface area contributed by atoms with Gasteiger partial charge in [0.1, 0.15) is 9.90 Å². The number of carbonyl (C=O) groups is 2. The molecule has 0 bridgehead atoms. The summed E-state index contributed by atoms with van der Waals surface area (Å²) in [6, 6.07) is 3.07. The van der Waals surface area contributed by atoms with E-state index < -0.39 is 10.0 Å². The van der Waals surface area contributed by atoms with Crippen molar-refractivity contribution in [2.24, 2.45) is 5.41 Å². The summed E-state index contributed by atoms with van der Waals surface area (Å²) < 4.78 is 27.5. The van der Waals surface area contributed by atoms with E-state index in [2.05, 4.69) is 4.98 Å². The molecule has 2 aromatic heterocycles. The number of halogens is 1. The quantitative estimate of drug-likeness (QED) is 0.746. The summed E-state index contributed by atoms with van der Waals surface area (Å²) in [6.45, 7) is 6.92. The number of amides is 1. The van der Waals surface area contributed by atoms with E-state index in [0.29, 0.717) is 40.7 Å². The third kappa shape index (κ3) is 3.72. The first-order chi connectivity index (χ1) is 14.0. The molecule has 1 amide bonds. The smallest absolute Gasteiger partial charge is 0.270 e. The van der Waals surface area contributed by atoms with Gasteiger partial charge < -0.3 is 9.88 Å². The molecule has 0 radical (unpaired) electrons. The first kappa shape index (κ1) is 21.5. The topological polar surface area (TPSA) is 90.6 Å². The van der Waals surface area contributed by atoms with Crippen LogP contribution in [-0.4, -0.2) is 60.5 Å². The minimum absolute atomic E-state index is 0.0690. The number of rotatable bonds is 3. The number of piperazine rings is 1. The molecule has 3 heterocycles. The summed E-state index contributed by atoms with van der Waals surface area (Å²) in [5.74, 6) is -0.122. The molecule has 1 fully saturated rings. The van der Waals surface area contributed by atoms with Crippen LogP contribution in [0, 0.1) is 12.3 Å². The average molecular weight is 470 g/mol. The van der Waals surface area contributed by atoms with Crippen LogP contribution >= 0.6 is 22.9 Å². The Morgan fingerprint density at radius 2 is 1.83 bits per heavy atom. The Morgan fingerprint density at radius 3 is 2.43 bits per heavy atom. The predicted octanol–water partition coefficient (Wildman–Crippen LogP) is 3.34. The van der Waals surface area contributed by atoms with E-state index in [1.807, 2.05) is 13.8 Å². The van der Waals surface area contributed by atoms with E-state index in [1.165, 1.54) is 10.4 Å². The molecule has 2 aromatic rings. The Kier molecular flexibility index (Phi) is 5.37. The minimum atomic E-state index is -3.61. The zero-order valence-corrected chi connectivity index (χ0v) is 19.5. The number of Topliss-reactive ketones (excluding diaryl/α,β-unsaturated/α-hetero) is 1. The van der Waals surface area contributed by atoms with Gasteiger partial charge in [-0.3, -0.25) is 9.59 Å². The van der Waals surface area contributed by atoms with Crippen LogP contribution in [-0.2, 0) is 16.4 Å². The maximum atomic E-state index is 13.1. The molecule has 0 saturated carbocycles. The lowest BCUT2D eigenvalue weighted by molar-refractivity contribution is 0.0691. The van der Waals surface area contributed by atoms with Gasteiger partial charge in [-0.05, 0) is 36.5 Å². The maximum Gasteiger partial charge on any atom is 0.270 e. The number of fused-ring (bicyclic) bond motifs is 1. The summed E-state index contributed by atoms with van der Waals surface area (Å²) in [5, 5.41) is 0. The lowest BCUT2D eigenvalue weighted by atomic mass is 9.75. The normalized spacial score (nSPS) is 19.7. The fourth-order valence-corrected chi connectivity index (χ4v) is 7.36. The van der Waals surface area contributed by atoms with Crippen molar-refractivity contribution >= 4 is 44.7 Å². The third-order valence-corrected chi connectivity index (χ3v) is 9.38.